The van der Waals surface area contributed by atoms with Crippen molar-refractivity contribution in [2.75, 3.05) is 13.3 Å². The average Bonchev–Trinajstić information content (AvgIpc) is 2.88. The Morgan fingerprint density at radius 1 is 1.06 bits per heavy atom. The smallest absolute Gasteiger partial charge is 0.153 e. The van der Waals surface area contributed by atoms with Crippen LogP contribution in [0.4, 0.5) is 4.39 Å². The van der Waals surface area contributed by atoms with Gasteiger partial charge in [-0.3, -0.25) is 9.69 Å². The van der Waals surface area contributed by atoms with Gasteiger partial charge < -0.3 is 9.64 Å². The van der Waals surface area contributed by atoms with Crippen LogP contribution in [0, 0.1) is 5.82 Å². The van der Waals surface area contributed by atoms with Crippen molar-refractivity contribution in [3.63, 3.8) is 0 Å². The molecule has 36 heavy (non-hydrogen) atoms. The molecule has 0 saturated carbocycles. The minimum Gasteiger partial charge on any atom is -0.477 e. The minimum absolute atomic E-state index is 0.0350. The first-order valence-electron chi connectivity index (χ1n) is 13.2. The van der Waals surface area contributed by atoms with Crippen LogP contribution in [0.2, 0.25) is 0 Å². The molecule has 0 radical (unpaired) electrons. The van der Waals surface area contributed by atoms with E-state index in [-0.39, 0.29) is 24.6 Å². The highest BCUT2D eigenvalue weighted by Gasteiger charge is 2.34. The van der Waals surface area contributed by atoms with Crippen LogP contribution in [0.3, 0.4) is 0 Å². The molecule has 2 atom stereocenters. The molecule has 0 N–H and O–H groups in total. The monoisotopic (exact) mass is 494 g/mol. The summed E-state index contributed by atoms with van der Waals surface area (Å²) in [5.41, 5.74) is 4.34. The third kappa shape index (κ3) is 6.83. The molecule has 0 amide bonds. The normalized spacial score (nSPS) is 18.2. The first-order valence-corrected chi connectivity index (χ1v) is 13.2. The van der Waals surface area contributed by atoms with Gasteiger partial charge in [0.25, 0.3) is 0 Å². The van der Waals surface area contributed by atoms with Crippen LogP contribution in [0.15, 0.2) is 42.1 Å². The molecule has 1 aliphatic heterocycles. The predicted octanol–water partition coefficient (Wildman–Crippen LogP) is 5.97. The van der Waals surface area contributed by atoms with E-state index in [4.69, 9.17) is 4.74 Å². The summed E-state index contributed by atoms with van der Waals surface area (Å²) in [5.74, 6) is 2.53. The topological polar surface area (TPSA) is 49.9 Å². The van der Waals surface area contributed by atoms with Crippen LogP contribution in [0.25, 0.3) is 0 Å². The van der Waals surface area contributed by atoms with E-state index in [9.17, 15) is 14.0 Å². The van der Waals surface area contributed by atoms with Gasteiger partial charge in [-0.1, -0.05) is 44.9 Å². The van der Waals surface area contributed by atoms with Gasteiger partial charge in [0.15, 0.2) is 6.29 Å². The number of unbranched alkanes of at least 4 members (excludes halogenated alkanes) is 2. The molecule has 0 aliphatic carbocycles. The highest BCUT2D eigenvalue weighted by molar-refractivity contribution is 5.80. The van der Waals surface area contributed by atoms with Gasteiger partial charge in [-0.2, -0.15) is 0 Å². The second kappa shape index (κ2) is 13.4. The summed E-state index contributed by atoms with van der Waals surface area (Å²) in [5, 5.41) is 0. The van der Waals surface area contributed by atoms with Crippen LogP contribution in [0.1, 0.15) is 80.4 Å². The Labute approximate surface area is 214 Å². The van der Waals surface area contributed by atoms with Crippen LogP contribution in [0.5, 0.6) is 5.75 Å². The van der Waals surface area contributed by atoms with Crippen molar-refractivity contribution in [2.24, 2.45) is 0 Å². The molecule has 2 aromatic carbocycles. The molecule has 0 unspecified atom stereocenters. The number of piperazine rings is 1. The Kier molecular flexibility index (Phi) is 10.3. The molecule has 0 spiro atoms. The SMILES string of the molecule is CCCCc1cc(C=O)c(OCN2C[C@@H](C)N(Cc3ccc(F)cc3)C(=C=O)[C@@H]2C)c(CCCC)c1. The Bertz CT molecular complexity index is 1060. The van der Waals surface area contributed by atoms with Crippen molar-refractivity contribution in [2.45, 2.75) is 84.8 Å². The number of nitrogens with zero attached hydrogens (tertiary/aromatic N) is 2. The van der Waals surface area contributed by atoms with Gasteiger partial charge in [0.05, 0.1) is 11.6 Å². The number of hydrogen-bond donors (Lipinski definition) is 0. The number of carbonyl (C=O) groups excluding carboxylic acids is 2. The number of aldehydes is 1. The zero-order chi connectivity index (χ0) is 26.1. The lowest BCUT2D eigenvalue weighted by molar-refractivity contribution is 0.0280. The second-order valence-electron chi connectivity index (χ2n) is 9.81. The van der Waals surface area contributed by atoms with Gasteiger partial charge in [-0.25, -0.2) is 9.18 Å². The van der Waals surface area contributed by atoms with E-state index in [0.29, 0.717) is 30.1 Å². The largest absolute Gasteiger partial charge is 0.477 e. The van der Waals surface area contributed by atoms with Crippen molar-refractivity contribution in [1.82, 2.24) is 9.80 Å². The average molecular weight is 495 g/mol. The Balaban J connectivity index is 1.78. The molecular weight excluding hydrogens is 455 g/mol. The van der Waals surface area contributed by atoms with E-state index in [1.54, 1.807) is 12.1 Å². The first-order chi connectivity index (χ1) is 17.4. The van der Waals surface area contributed by atoms with Crippen molar-refractivity contribution in [1.29, 1.82) is 0 Å². The zero-order valence-corrected chi connectivity index (χ0v) is 22.1. The maximum absolute atomic E-state index is 13.3. The second-order valence-corrected chi connectivity index (χ2v) is 9.81. The summed E-state index contributed by atoms with van der Waals surface area (Å²) in [6.07, 6.45) is 6.99. The van der Waals surface area contributed by atoms with Crippen molar-refractivity contribution >= 4 is 12.2 Å². The van der Waals surface area contributed by atoms with Gasteiger partial charge >= 0.3 is 0 Å². The van der Waals surface area contributed by atoms with Crippen molar-refractivity contribution in [3.8, 4) is 5.75 Å². The minimum atomic E-state index is -0.278. The fourth-order valence-corrected chi connectivity index (χ4v) is 4.85. The Morgan fingerprint density at radius 2 is 1.75 bits per heavy atom. The number of aryl methyl sites for hydroxylation is 2. The van der Waals surface area contributed by atoms with Gasteiger partial charge in [-0.05, 0) is 74.4 Å². The van der Waals surface area contributed by atoms with E-state index < -0.39 is 0 Å². The summed E-state index contributed by atoms with van der Waals surface area (Å²) in [7, 11) is 0. The molecule has 1 aliphatic rings. The predicted molar refractivity (Wildman–Crippen MR) is 141 cm³/mol. The number of carbonyl (C=O) groups is 1. The molecule has 1 fully saturated rings. The Morgan fingerprint density at radius 3 is 2.39 bits per heavy atom. The fraction of sp³-hybridized carbons (Fsp3) is 0.500. The molecule has 194 valence electrons. The number of halogens is 1. The van der Waals surface area contributed by atoms with E-state index >= 15 is 0 Å². The number of benzene rings is 2. The summed E-state index contributed by atoms with van der Waals surface area (Å²) in [4.78, 5) is 28.2. The quantitative estimate of drug-likeness (QED) is 0.269. The van der Waals surface area contributed by atoms with Gasteiger partial charge in [0.1, 0.15) is 29.9 Å². The number of rotatable bonds is 12. The zero-order valence-electron chi connectivity index (χ0n) is 22.1. The summed E-state index contributed by atoms with van der Waals surface area (Å²) >= 11 is 0. The molecular formula is C30H39FN2O3. The van der Waals surface area contributed by atoms with Crippen LogP contribution < -0.4 is 4.74 Å². The third-order valence-corrected chi connectivity index (χ3v) is 7.03. The Hall–Kier alpha value is -2.95. The first kappa shape index (κ1) is 27.6. The van der Waals surface area contributed by atoms with E-state index in [0.717, 1.165) is 55.9 Å². The molecule has 6 heteroatoms. The summed E-state index contributed by atoms with van der Waals surface area (Å²) < 4.78 is 19.7. The van der Waals surface area contributed by atoms with Gasteiger partial charge in [0, 0.05) is 19.1 Å². The van der Waals surface area contributed by atoms with Crippen LogP contribution >= 0.6 is 0 Å². The lowest BCUT2D eigenvalue weighted by Gasteiger charge is -2.45. The van der Waals surface area contributed by atoms with E-state index in [1.165, 1.54) is 17.7 Å². The summed E-state index contributed by atoms with van der Waals surface area (Å²) in [6, 6.07) is 10.3. The molecule has 2 aromatic rings. The molecule has 5 nitrogen and oxygen atoms in total. The van der Waals surface area contributed by atoms with Crippen molar-refractivity contribution in [3.05, 3.63) is 70.2 Å². The highest BCUT2D eigenvalue weighted by atomic mass is 19.1. The molecule has 1 heterocycles. The number of ether oxygens (including phenoxy) is 1. The summed E-state index contributed by atoms with van der Waals surface area (Å²) in [6.45, 7) is 9.83. The maximum atomic E-state index is 13.3. The maximum Gasteiger partial charge on any atom is 0.153 e. The van der Waals surface area contributed by atoms with Crippen molar-refractivity contribution < 1.29 is 18.7 Å². The molecule has 0 aromatic heterocycles. The van der Waals surface area contributed by atoms with Gasteiger partial charge in [-0.15, -0.1) is 0 Å². The third-order valence-electron chi connectivity index (χ3n) is 7.03. The van der Waals surface area contributed by atoms with E-state index in [2.05, 4.69) is 37.7 Å². The van der Waals surface area contributed by atoms with Crippen LogP contribution in [-0.4, -0.2) is 47.4 Å². The van der Waals surface area contributed by atoms with E-state index in [1.807, 2.05) is 17.9 Å². The molecule has 3 rings (SSSR count). The van der Waals surface area contributed by atoms with Crippen LogP contribution in [-0.2, 0) is 24.2 Å². The lowest BCUT2D eigenvalue weighted by atomic mass is 9.97. The lowest BCUT2D eigenvalue weighted by Crippen LogP contribution is -2.55. The molecule has 0 bridgehead atoms. The molecule has 1 saturated heterocycles. The highest BCUT2D eigenvalue weighted by Crippen LogP contribution is 2.30. The standard InChI is InChI=1S/C30H39FN2O3/c1-5-7-9-25-15-26(10-8-6-2)30(27(16-25)19-34)36-21-32-17-22(3)33(29(20-35)23(32)4)18-24-11-13-28(31)14-12-24/h11-16,19,22-23H,5-10,17-18,21H2,1-4H3/t22-,23+/m1/s1. The number of hydrogen-bond acceptors (Lipinski definition) is 5. The fourth-order valence-electron chi connectivity index (χ4n) is 4.85. The van der Waals surface area contributed by atoms with Gasteiger partial charge in [0.2, 0.25) is 0 Å².